The van der Waals surface area contributed by atoms with Crippen molar-refractivity contribution in [2.45, 2.75) is 6.92 Å². The maximum Gasteiger partial charge on any atom is 0.325 e. The smallest absolute Gasteiger partial charge is 0.325 e. The highest BCUT2D eigenvalue weighted by Crippen LogP contribution is 2.22. The van der Waals surface area contributed by atoms with Gasteiger partial charge in [-0.3, -0.25) is 9.59 Å². The third-order valence-corrected chi connectivity index (χ3v) is 4.07. The van der Waals surface area contributed by atoms with Gasteiger partial charge in [-0.1, -0.05) is 36.4 Å². The molecule has 0 unspecified atom stereocenters. The fourth-order valence-electron chi connectivity index (χ4n) is 2.80. The SMILES string of the molecule is CCOC(=O)CN(C)C(=O)c1cccc(-n2nccc2-c2ccccc2)c1. The van der Waals surface area contributed by atoms with E-state index in [4.69, 9.17) is 4.74 Å². The standard InChI is InChI=1S/C21H21N3O3/c1-3-27-20(25)15-23(2)21(26)17-10-7-11-18(14-17)24-19(12-13-22-24)16-8-5-4-6-9-16/h4-14H,3,15H2,1-2H3. The van der Waals surface area contributed by atoms with Crippen LogP contribution in [0.5, 0.6) is 0 Å². The number of nitrogens with zero attached hydrogens (tertiary/aromatic N) is 3. The van der Waals surface area contributed by atoms with Gasteiger partial charge in [0.15, 0.2) is 0 Å². The molecule has 6 heteroatoms. The van der Waals surface area contributed by atoms with E-state index >= 15 is 0 Å². The molecule has 0 aliphatic rings. The maximum absolute atomic E-state index is 12.6. The average molecular weight is 363 g/mol. The molecule has 1 aromatic heterocycles. The second-order valence-corrected chi connectivity index (χ2v) is 6.01. The summed E-state index contributed by atoms with van der Waals surface area (Å²) in [5.74, 6) is -0.679. The highest BCUT2D eigenvalue weighted by atomic mass is 16.5. The van der Waals surface area contributed by atoms with Crippen molar-refractivity contribution in [2.75, 3.05) is 20.2 Å². The van der Waals surface area contributed by atoms with Crippen LogP contribution in [-0.4, -0.2) is 46.8 Å². The molecular weight excluding hydrogens is 342 g/mol. The Labute approximate surface area is 158 Å². The lowest BCUT2D eigenvalue weighted by Crippen LogP contribution is -2.33. The summed E-state index contributed by atoms with van der Waals surface area (Å²) >= 11 is 0. The summed E-state index contributed by atoms with van der Waals surface area (Å²) in [6.45, 7) is 1.93. The van der Waals surface area contributed by atoms with Crippen LogP contribution < -0.4 is 0 Å². The van der Waals surface area contributed by atoms with Crippen molar-refractivity contribution in [2.24, 2.45) is 0 Å². The molecule has 1 amide bonds. The van der Waals surface area contributed by atoms with Crippen LogP contribution >= 0.6 is 0 Å². The topological polar surface area (TPSA) is 64.4 Å². The molecule has 6 nitrogen and oxygen atoms in total. The molecule has 3 rings (SSSR count). The van der Waals surface area contributed by atoms with Crippen molar-refractivity contribution in [1.29, 1.82) is 0 Å². The first-order chi connectivity index (χ1) is 13.1. The third kappa shape index (κ3) is 4.23. The number of benzene rings is 2. The van der Waals surface area contributed by atoms with E-state index in [0.29, 0.717) is 5.56 Å². The molecule has 0 aliphatic heterocycles. The largest absolute Gasteiger partial charge is 0.465 e. The molecule has 0 spiro atoms. The second kappa shape index (κ2) is 8.31. The molecular formula is C21H21N3O3. The normalized spacial score (nSPS) is 10.4. The Hall–Kier alpha value is -3.41. The Morgan fingerprint density at radius 3 is 2.59 bits per heavy atom. The maximum atomic E-state index is 12.6. The molecule has 0 bridgehead atoms. The van der Waals surface area contributed by atoms with Crippen LogP contribution in [0.3, 0.4) is 0 Å². The Morgan fingerprint density at radius 2 is 1.85 bits per heavy atom. The zero-order valence-electron chi connectivity index (χ0n) is 15.3. The molecule has 3 aromatic rings. The number of hydrogen-bond acceptors (Lipinski definition) is 4. The Balaban J connectivity index is 1.86. The lowest BCUT2D eigenvalue weighted by molar-refractivity contribution is -0.143. The first kappa shape index (κ1) is 18.4. The number of carbonyl (C=O) groups excluding carboxylic acids is 2. The van der Waals surface area contributed by atoms with Gasteiger partial charge >= 0.3 is 5.97 Å². The van der Waals surface area contributed by atoms with Crippen LogP contribution in [-0.2, 0) is 9.53 Å². The molecule has 0 saturated heterocycles. The lowest BCUT2D eigenvalue weighted by atomic mass is 10.1. The summed E-state index contributed by atoms with van der Waals surface area (Å²) in [6, 6.07) is 19.0. The summed E-state index contributed by atoms with van der Waals surface area (Å²) in [4.78, 5) is 25.6. The molecule has 1 heterocycles. The molecule has 0 fully saturated rings. The minimum atomic E-state index is -0.428. The minimum absolute atomic E-state index is 0.0893. The molecule has 27 heavy (non-hydrogen) atoms. The zero-order chi connectivity index (χ0) is 19.2. The van der Waals surface area contributed by atoms with Crippen molar-refractivity contribution < 1.29 is 14.3 Å². The van der Waals surface area contributed by atoms with Crippen molar-refractivity contribution in [3.05, 3.63) is 72.4 Å². The predicted molar refractivity (Wildman–Crippen MR) is 103 cm³/mol. The van der Waals surface area contributed by atoms with E-state index < -0.39 is 5.97 Å². The van der Waals surface area contributed by atoms with E-state index in [1.54, 1.807) is 43.0 Å². The van der Waals surface area contributed by atoms with E-state index in [1.807, 2.05) is 42.5 Å². The van der Waals surface area contributed by atoms with Crippen molar-refractivity contribution in [1.82, 2.24) is 14.7 Å². The first-order valence-electron chi connectivity index (χ1n) is 8.71. The van der Waals surface area contributed by atoms with Crippen LogP contribution in [0.2, 0.25) is 0 Å². The summed E-state index contributed by atoms with van der Waals surface area (Å²) in [6.07, 6.45) is 1.73. The molecule has 0 N–H and O–H groups in total. The summed E-state index contributed by atoms with van der Waals surface area (Å²) in [5, 5.41) is 4.40. The van der Waals surface area contributed by atoms with Gasteiger partial charge in [0.25, 0.3) is 5.91 Å². The van der Waals surface area contributed by atoms with Gasteiger partial charge in [-0.2, -0.15) is 5.10 Å². The number of rotatable bonds is 6. The van der Waals surface area contributed by atoms with E-state index in [-0.39, 0.29) is 19.1 Å². The highest BCUT2D eigenvalue weighted by molar-refractivity contribution is 5.96. The van der Waals surface area contributed by atoms with Crippen LogP contribution in [0, 0.1) is 0 Å². The number of esters is 1. The molecule has 0 saturated carbocycles. The van der Waals surface area contributed by atoms with Gasteiger partial charge < -0.3 is 9.64 Å². The molecule has 138 valence electrons. The monoisotopic (exact) mass is 363 g/mol. The summed E-state index contributed by atoms with van der Waals surface area (Å²) < 4.78 is 6.69. The third-order valence-electron chi connectivity index (χ3n) is 4.07. The summed E-state index contributed by atoms with van der Waals surface area (Å²) in [7, 11) is 1.58. The predicted octanol–water partition coefficient (Wildman–Crippen LogP) is 3.17. The molecule has 2 aromatic carbocycles. The van der Waals surface area contributed by atoms with E-state index in [2.05, 4.69) is 5.10 Å². The quantitative estimate of drug-likeness (QED) is 0.631. The minimum Gasteiger partial charge on any atom is -0.465 e. The van der Waals surface area contributed by atoms with Gasteiger partial charge in [-0.25, -0.2) is 4.68 Å². The van der Waals surface area contributed by atoms with Crippen molar-refractivity contribution in [3.8, 4) is 16.9 Å². The van der Waals surface area contributed by atoms with Gasteiger partial charge in [0.05, 0.1) is 24.2 Å². The first-order valence-corrected chi connectivity index (χ1v) is 8.71. The number of amides is 1. The van der Waals surface area contributed by atoms with Gasteiger partial charge in [-0.05, 0) is 31.2 Å². The zero-order valence-corrected chi connectivity index (χ0v) is 15.3. The average Bonchev–Trinajstić information content (AvgIpc) is 3.18. The van der Waals surface area contributed by atoms with Crippen LogP contribution in [0.4, 0.5) is 0 Å². The van der Waals surface area contributed by atoms with Crippen molar-refractivity contribution >= 4 is 11.9 Å². The van der Waals surface area contributed by atoms with Crippen LogP contribution in [0.1, 0.15) is 17.3 Å². The van der Waals surface area contributed by atoms with Crippen LogP contribution in [0.25, 0.3) is 16.9 Å². The Bertz CT molecular complexity index is 935. The van der Waals surface area contributed by atoms with E-state index in [0.717, 1.165) is 16.9 Å². The second-order valence-electron chi connectivity index (χ2n) is 6.01. The van der Waals surface area contributed by atoms with Gasteiger partial charge in [0.2, 0.25) is 0 Å². The lowest BCUT2D eigenvalue weighted by Gasteiger charge is -2.17. The number of hydrogen-bond donors (Lipinski definition) is 0. The molecule has 0 radical (unpaired) electrons. The Morgan fingerprint density at radius 1 is 1.07 bits per heavy atom. The number of carbonyl (C=O) groups is 2. The van der Waals surface area contributed by atoms with Gasteiger partial charge in [0.1, 0.15) is 6.54 Å². The highest BCUT2D eigenvalue weighted by Gasteiger charge is 2.17. The fourth-order valence-corrected chi connectivity index (χ4v) is 2.80. The number of likely N-dealkylation sites (N-methyl/N-ethyl adjacent to an activating group) is 1. The van der Waals surface area contributed by atoms with E-state index in [1.165, 1.54) is 4.90 Å². The molecule has 0 aliphatic carbocycles. The van der Waals surface area contributed by atoms with Crippen molar-refractivity contribution in [3.63, 3.8) is 0 Å². The van der Waals surface area contributed by atoms with E-state index in [9.17, 15) is 9.59 Å². The molecule has 0 atom stereocenters. The fraction of sp³-hybridized carbons (Fsp3) is 0.190. The van der Waals surface area contributed by atoms with Crippen LogP contribution in [0.15, 0.2) is 66.9 Å². The number of aromatic nitrogens is 2. The Kier molecular flexibility index (Phi) is 5.66. The summed E-state index contributed by atoms with van der Waals surface area (Å²) in [5.41, 5.74) is 3.22. The number of ether oxygens (including phenoxy) is 1. The van der Waals surface area contributed by atoms with Gasteiger partial charge in [-0.15, -0.1) is 0 Å². The van der Waals surface area contributed by atoms with Gasteiger partial charge in [0, 0.05) is 18.2 Å².